The lowest BCUT2D eigenvalue weighted by Gasteiger charge is -2.17. The summed E-state index contributed by atoms with van der Waals surface area (Å²) in [7, 11) is 0. The first kappa shape index (κ1) is 14.4. The molecule has 1 aromatic heterocycles. The molecule has 0 radical (unpaired) electrons. The molecule has 6 nitrogen and oxygen atoms in total. The van der Waals surface area contributed by atoms with Crippen LogP contribution < -0.4 is 5.32 Å². The van der Waals surface area contributed by atoms with Crippen molar-refractivity contribution in [3.8, 4) is 0 Å². The van der Waals surface area contributed by atoms with Crippen molar-refractivity contribution in [2.45, 2.75) is 20.3 Å². The topological polar surface area (TPSA) is 75.2 Å². The molecule has 0 unspecified atom stereocenters. The summed E-state index contributed by atoms with van der Waals surface area (Å²) in [6.45, 7) is 4.68. The molecule has 120 valence electrons. The van der Waals surface area contributed by atoms with Crippen LogP contribution in [0.2, 0.25) is 0 Å². The number of hydrogen-bond donors (Lipinski definition) is 1. The molecule has 2 aliphatic carbocycles. The zero-order chi connectivity index (χ0) is 16.1. The van der Waals surface area contributed by atoms with E-state index < -0.39 is 0 Å². The molecule has 6 heteroatoms. The van der Waals surface area contributed by atoms with Crippen molar-refractivity contribution in [3.63, 3.8) is 0 Å². The van der Waals surface area contributed by atoms with Gasteiger partial charge < -0.3 is 5.32 Å². The number of carbonyl (C=O) groups is 2. The summed E-state index contributed by atoms with van der Waals surface area (Å²) in [6.07, 6.45) is 5.19. The highest BCUT2D eigenvalue weighted by Gasteiger charge is 2.58. The van der Waals surface area contributed by atoms with E-state index in [2.05, 4.69) is 27.4 Å². The molecular formula is C17H20N4O2. The van der Waals surface area contributed by atoms with E-state index in [4.69, 9.17) is 0 Å². The molecule has 1 saturated carbocycles. The first-order valence-corrected chi connectivity index (χ1v) is 8.14. The van der Waals surface area contributed by atoms with E-state index in [1.807, 2.05) is 19.9 Å². The number of carbonyl (C=O) groups excluding carboxylic acids is 2. The fraction of sp³-hybridized carbons (Fsp3) is 0.529. The number of allylic oxidation sites excluding steroid dienone is 2. The number of aromatic nitrogens is 2. The van der Waals surface area contributed by atoms with Crippen LogP contribution >= 0.6 is 0 Å². The molecule has 2 amide bonds. The van der Waals surface area contributed by atoms with Gasteiger partial charge in [0.2, 0.25) is 17.8 Å². The van der Waals surface area contributed by atoms with Gasteiger partial charge >= 0.3 is 0 Å². The zero-order valence-electron chi connectivity index (χ0n) is 13.3. The average Bonchev–Trinajstić information content (AvgIpc) is 3.15. The monoisotopic (exact) mass is 312 g/mol. The van der Waals surface area contributed by atoms with Gasteiger partial charge in [0.25, 0.3) is 0 Å². The Kier molecular flexibility index (Phi) is 3.21. The minimum absolute atomic E-state index is 0.00000819. The molecule has 3 aliphatic rings. The van der Waals surface area contributed by atoms with E-state index in [1.165, 1.54) is 4.90 Å². The number of amides is 2. The zero-order valence-corrected chi connectivity index (χ0v) is 13.3. The predicted molar refractivity (Wildman–Crippen MR) is 84.4 cm³/mol. The molecular weight excluding hydrogens is 292 g/mol. The number of nitrogens with zero attached hydrogens (tertiary/aromatic N) is 3. The summed E-state index contributed by atoms with van der Waals surface area (Å²) in [6, 6.07) is 1.91. The SMILES string of the molecule is Cc1cc(C)nc(NCCN2C(=O)[C@@H]3[C@@H](C2=O)[C@H]2C=C[C@H]3C2)n1. The molecule has 1 aromatic rings. The van der Waals surface area contributed by atoms with Gasteiger partial charge in [-0.05, 0) is 38.2 Å². The summed E-state index contributed by atoms with van der Waals surface area (Å²) in [5.74, 6) is 0.845. The Labute approximate surface area is 135 Å². The summed E-state index contributed by atoms with van der Waals surface area (Å²) in [5.41, 5.74) is 1.79. The third-order valence-corrected chi connectivity index (χ3v) is 5.16. The van der Waals surface area contributed by atoms with Crippen LogP contribution in [0.4, 0.5) is 5.95 Å². The molecule has 1 saturated heterocycles. The number of rotatable bonds is 4. The maximum absolute atomic E-state index is 12.6. The fourth-order valence-electron chi connectivity index (χ4n) is 4.27. The first-order valence-electron chi connectivity index (χ1n) is 8.14. The maximum Gasteiger partial charge on any atom is 0.233 e. The maximum atomic E-state index is 12.6. The van der Waals surface area contributed by atoms with Crippen LogP contribution in [0.1, 0.15) is 17.8 Å². The van der Waals surface area contributed by atoms with Gasteiger partial charge in [-0.1, -0.05) is 12.2 Å². The quantitative estimate of drug-likeness (QED) is 0.670. The average molecular weight is 312 g/mol. The number of hydrogen-bond acceptors (Lipinski definition) is 5. The third-order valence-electron chi connectivity index (χ3n) is 5.16. The van der Waals surface area contributed by atoms with Gasteiger partial charge in [-0.2, -0.15) is 0 Å². The van der Waals surface area contributed by atoms with Crippen molar-refractivity contribution in [1.82, 2.24) is 14.9 Å². The Bertz CT molecular complexity index is 664. The van der Waals surface area contributed by atoms with Crippen LogP contribution in [0, 0.1) is 37.5 Å². The van der Waals surface area contributed by atoms with Crippen LogP contribution in [0.25, 0.3) is 0 Å². The summed E-state index contributed by atoms with van der Waals surface area (Å²) in [5, 5.41) is 3.11. The van der Waals surface area contributed by atoms with Crippen molar-refractivity contribution in [2.24, 2.45) is 23.7 Å². The van der Waals surface area contributed by atoms with Crippen molar-refractivity contribution < 1.29 is 9.59 Å². The van der Waals surface area contributed by atoms with E-state index >= 15 is 0 Å². The second-order valence-corrected chi connectivity index (χ2v) is 6.73. The van der Waals surface area contributed by atoms with Gasteiger partial charge in [0.15, 0.2) is 0 Å². The van der Waals surface area contributed by atoms with Gasteiger partial charge in [0.05, 0.1) is 11.8 Å². The lowest BCUT2D eigenvalue weighted by Crippen LogP contribution is -2.36. The van der Waals surface area contributed by atoms with Crippen LogP contribution in [-0.2, 0) is 9.59 Å². The Hall–Kier alpha value is -2.24. The van der Waals surface area contributed by atoms with E-state index in [1.54, 1.807) is 0 Å². The third kappa shape index (κ3) is 2.24. The van der Waals surface area contributed by atoms with Crippen LogP contribution in [0.3, 0.4) is 0 Å². The summed E-state index contributed by atoms with van der Waals surface area (Å²) in [4.78, 5) is 35.1. The van der Waals surface area contributed by atoms with Crippen LogP contribution in [-0.4, -0.2) is 39.8 Å². The molecule has 2 bridgehead atoms. The van der Waals surface area contributed by atoms with E-state index in [0.717, 1.165) is 17.8 Å². The molecule has 0 aromatic carbocycles. The molecule has 4 atom stereocenters. The normalized spacial score (nSPS) is 31.1. The second kappa shape index (κ2) is 5.15. The minimum Gasteiger partial charge on any atom is -0.352 e. The standard InChI is InChI=1S/C17H20N4O2/c1-9-7-10(2)20-17(19-9)18-5-6-21-15(22)13-11-3-4-12(8-11)14(13)16(21)23/h3-4,7,11-14H,5-6,8H2,1-2H3,(H,18,19,20)/t11-,12-,13-,14-/m0/s1. The fourth-order valence-corrected chi connectivity index (χ4v) is 4.27. The number of imide groups is 1. The smallest absolute Gasteiger partial charge is 0.233 e. The lowest BCUT2D eigenvalue weighted by molar-refractivity contribution is -0.140. The number of likely N-dealkylation sites (tertiary alicyclic amines) is 1. The first-order chi connectivity index (χ1) is 11.0. The Morgan fingerprint density at radius 2 is 1.65 bits per heavy atom. The van der Waals surface area contributed by atoms with Gasteiger partial charge in [0.1, 0.15) is 0 Å². The Morgan fingerprint density at radius 1 is 1.09 bits per heavy atom. The molecule has 23 heavy (non-hydrogen) atoms. The number of fused-ring (bicyclic) bond motifs is 5. The van der Waals surface area contributed by atoms with E-state index in [0.29, 0.717) is 19.0 Å². The number of anilines is 1. The van der Waals surface area contributed by atoms with Crippen molar-refractivity contribution in [2.75, 3.05) is 18.4 Å². The largest absolute Gasteiger partial charge is 0.352 e. The van der Waals surface area contributed by atoms with Gasteiger partial charge in [0, 0.05) is 24.5 Å². The van der Waals surface area contributed by atoms with Gasteiger partial charge in [-0.3, -0.25) is 14.5 Å². The van der Waals surface area contributed by atoms with Crippen molar-refractivity contribution in [1.29, 1.82) is 0 Å². The summed E-state index contributed by atoms with van der Waals surface area (Å²) >= 11 is 0. The Balaban J connectivity index is 1.40. The second-order valence-electron chi connectivity index (χ2n) is 6.73. The molecule has 4 rings (SSSR count). The Morgan fingerprint density at radius 3 is 2.22 bits per heavy atom. The molecule has 2 heterocycles. The lowest BCUT2D eigenvalue weighted by atomic mass is 9.85. The van der Waals surface area contributed by atoms with Gasteiger partial charge in [-0.25, -0.2) is 9.97 Å². The number of aryl methyl sites for hydroxylation is 2. The summed E-state index contributed by atoms with van der Waals surface area (Å²) < 4.78 is 0. The van der Waals surface area contributed by atoms with Crippen LogP contribution in [0.5, 0.6) is 0 Å². The van der Waals surface area contributed by atoms with E-state index in [-0.39, 0.29) is 35.5 Å². The highest BCUT2D eigenvalue weighted by Crippen LogP contribution is 2.52. The highest BCUT2D eigenvalue weighted by molar-refractivity contribution is 6.06. The molecule has 0 spiro atoms. The molecule has 1 aliphatic heterocycles. The molecule has 1 N–H and O–H groups in total. The predicted octanol–water partition coefficient (Wildman–Crippen LogP) is 1.31. The number of nitrogens with one attached hydrogen (secondary N) is 1. The highest BCUT2D eigenvalue weighted by atomic mass is 16.2. The van der Waals surface area contributed by atoms with Crippen molar-refractivity contribution >= 4 is 17.8 Å². The van der Waals surface area contributed by atoms with Crippen LogP contribution in [0.15, 0.2) is 18.2 Å². The minimum atomic E-state index is -0.116. The van der Waals surface area contributed by atoms with Crippen molar-refractivity contribution in [3.05, 3.63) is 29.6 Å². The molecule has 2 fully saturated rings. The van der Waals surface area contributed by atoms with Gasteiger partial charge in [-0.15, -0.1) is 0 Å². The van der Waals surface area contributed by atoms with E-state index in [9.17, 15) is 9.59 Å².